The average Bonchev–Trinajstić information content (AvgIpc) is 3.11. The second-order valence-corrected chi connectivity index (χ2v) is 7.28. The molecule has 8 heteroatoms. The fourth-order valence-electron chi connectivity index (χ4n) is 2.85. The first-order chi connectivity index (χ1) is 13.5. The van der Waals surface area contributed by atoms with Gasteiger partial charge >= 0.3 is 0 Å². The maximum Gasteiger partial charge on any atom is 0.261 e. The SMILES string of the molecule is Cc1nc(-c2cccc(NC(=O)Cn3cnc4cc(F)ccc4c3=O)c2)cs1. The van der Waals surface area contributed by atoms with Crippen LogP contribution in [-0.2, 0) is 11.3 Å². The van der Waals surface area contributed by atoms with E-state index in [-0.39, 0.29) is 23.4 Å². The van der Waals surface area contributed by atoms with Gasteiger partial charge in [-0.05, 0) is 31.2 Å². The third-order valence-corrected chi connectivity index (χ3v) is 4.94. The van der Waals surface area contributed by atoms with E-state index in [1.807, 2.05) is 30.5 Å². The number of aromatic nitrogens is 3. The first kappa shape index (κ1) is 18.0. The van der Waals surface area contributed by atoms with Crippen LogP contribution >= 0.6 is 11.3 Å². The third-order valence-electron chi connectivity index (χ3n) is 4.16. The molecule has 2 aromatic carbocycles. The standard InChI is InChI=1S/C20H15FN4O2S/c1-12-23-18(10-28-12)13-3-2-4-15(7-13)24-19(26)9-25-11-22-17-8-14(21)5-6-16(17)20(25)27/h2-8,10-11H,9H2,1H3,(H,24,26). The number of fused-ring (bicyclic) bond motifs is 1. The molecule has 0 saturated carbocycles. The van der Waals surface area contributed by atoms with Crippen molar-refractivity contribution in [1.29, 1.82) is 0 Å². The van der Waals surface area contributed by atoms with Crippen molar-refractivity contribution < 1.29 is 9.18 Å². The molecule has 1 N–H and O–H groups in total. The predicted octanol–water partition coefficient (Wildman–Crippen LogP) is 3.61. The van der Waals surface area contributed by atoms with E-state index in [0.29, 0.717) is 5.69 Å². The molecule has 28 heavy (non-hydrogen) atoms. The van der Waals surface area contributed by atoms with E-state index in [1.165, 1.54) is 29.1 Å². The van der Waals surface area contributed by atoms with Gasteiger partial charge < -0.3 is 5.32 Å². The number of hydrogen-bond donors (Lipinski definition) is 1. The van der Waals surface area contributed by atoms with E-state index in [2.05, 4.69) is 15.3 Å². The largest absolute Gasteiger partial charge is 0.325 e. The van der Waals surface area contributed by atoms with Crippen LogP contribution in [0.5, 0.6) is 0 Å². The number of nitrogens with one attached hydrogen (secondary N) is 1. The number of aryl methyl sites for hydroxylation is 1. The second kappa shape index (κ2) is 7.32. The van der Waals surface area contributed by atoms with E-state index >= 15 is 0 Å². The number of carbonyl (C=O) groups excluding carboxylic acids is 1. The highest BCUT2D eigenvalue weighted by atomic mass is 32.1. The van der Waals surface area contributed by atoms with Gasteiger partial charge in [-0.1, -0.05) is 12.1 Å². The lowest BCUT2D eigenvalue weighted by Gasteiger charge is -2.09. The molecule has 0 aliphatic carbocycles. The highest BCUT2D eigenvalue weighted by Gasteiger charge is 2.10. The van der Waals surface area contributed by atoms with E-state index < -0.39 is 11.4 Å². The molecule has 0 spiro atoms. The first-order valence-electron chi connectivity index (χ1n) is 8.47. The van der Waals surface area contributed by atoms with Gasteiger partial charge in [-0.15, -0.1) is 11.3 Å². The first-order valence-corrected chi connectivity index (χ1v) is 9.35. The summed E-state index contributed by atoms with van der Waals surface area (Å²) in [6.07, 6.45) is 1.25. The Hall–Kier alpha value is -3.39. The summed E-state index contributed by atoms with van der Waals surface area (Å²) in [5.74, 6) is -0.831. The van der Waals surface area contributed by atoms with Crippen LogP contribution < -0.4 is 10.9 Å². The Labute approximate surface area is 163 Å². The van der Waals surface area contributed by atoms with Gasteiger partial charge in [0.05, 0.1) is 27.9 Å². The van der Waals surface area contributed by atoms with Gasteiger partial charge in [0.1, 0.15) is 12.4 Å². The van der Waals surface area contributed by atoms with Gasteiger partial charge in [0, 0.05) is 22.7 Å². The summed E-state index contributed by atoms with van der Waals surface area (Å²) in [4.78, 5) is 33.4. The lowest BCUT2D eigenvalue weighted by molar-refractivity contribution is -0.116. The van der Waals surface area contributed by atoms with Crippen molar-refractivity contribution in [1.82, 2.24) is 14.5 Å². The molecule has 4 aromatic rings. The molecule has 0 atom stereocenters. The summed E-state index contributed by atoms with van der Waals surface area (Å²) in [7, 11) is 0. The van der Waals surface area contributed by atoms with Crippen LogP contribution in [-0.4, -0.2) is 20.4 Å². The number of amides is 1. The van der Waals surface area contributed by atoms with Crippen LogP contribution in [0.1, 0.15) is 5.01 Å². The molecule has 2 aromatic heterocycles. The molecule has 0 saturated heterocycles. The summed E-state index contributed by atoms with van der Waals surface area (Å²) < 4.78 is 14.5. The minimum absolute atomic E-state index is 0.195. The number of hydrogen-bond acceptors (Lipinski definition) is 5. The van der Waals surface area contributed by atoms with Crippen LogP contribution in [0.15, 0.2) is 59.0 Å². The molecule has 0 unspecified atom stereocenters. The van der Waals surface area contributed by atoms with Crippen LogP contribution in [0.2, 0.25) is 0 Å². The van der Waals surface area contributed by atoms with Crippen LogP contribution in [0.3, 0.4) is 0 Å². The molecule has 4 rings (SSSR count). The zero-order valence-electron chi connectivity index (χ0n) is 14.8. The molecule has 140 valence electrons. The molecule has 0 bridgehead atoms. The molecule has 0 aliphatic heterocycles. The number of benzene rings is 2. The Balaban J connectivity index is 1.54. The van der Waals surface area contributed by atoms with Gasteiger partial charge in [0.25, 0.3) is 5.56 Å². The quantitative estimate of drug-likeness (QED) is 0.574. The number of nitrogens with zero attached hydrogens (tertiary/aromatic N) is 3. The van der Waals surface area contributed by atoms with Gasteiger partial charge in [-0.3, -0.25) is 14.2 Å². The molecule has 0 aliphatic rings. The molecule has 0 radical (unpaired) electrons. The highest BCUT2D eigenvalue weighted by Crippen LogP contribution is 2.24. The fourth-order valence-corrected chi connectivity index (χ4v) is 3.47. The van der Waals surface area contributed by atoms with Crippen molar-refractivity contribution in [3.05, 3.63) is 75.4 Å². The van der Waals surface area contributed by atoms with Crippen molar-refractivity contribution >= 4 is 33.8 Å². The average molecular weight is 394 g/mol. The number of rotatable bonds is 4. The minimum atomic E-state index is -0.468. The molecule has 2 heterocycles. The smallest absolute Gasteiger partial charge is 0.261 e. The second-order valence-electron chi connectivity index (χ2n) is 6.22. The van der Waals surface area contributed by atoms with Gasteiger partial charge in [-0.2, -0.15) is 0 Å². The van der Waals surface area contributed by atoms with Gasteiger partial charge in [-0.25, -0.2) is 14.4 Å². The molecular formula is C20H15FN4O2S. The van der Waals surface area contributed by atoms with E-state index in [4.69, 9.17) is 0 Å². The summed E-state index contributed by atoms with van der Waals surface area (Å²) in [6, 6.07) is 11.1. The van der Waals surface area contributed by atoms with Crippen molar-refractivity contribution in [2.75, 3.05) is 5.32 Å². The number of anilines is 1. The number of carbonyl (C=O) groups is 1. The third kappa shape index (κ3) is 3.67. The maximum absolute atomic E-state index is 13.3. The van der Waals surface area contributed by atoms with Crippen molar-refractivity contribution in [2.24, 2.45) is 0 Å². The Morgan fingerprint density at radius 1 is 1.25 bits per heavy atom. The zero-order valence-corrected chi connectivity index (χ0v) is 15.7. The van der Waals surface area contributed by atoms with E-state index in [0.717, 1.165) is 16.3 Å². The van der Waals surface area contributed by atoms with Gasteiger partial charge in [0.15, 0.2) is 0 Å². The van der Waals surface area contributed by atoms with E-state index in [1.54, 1.807) is 17.4 Å². The Morgan fingerprint density at radius 3 is 2.89 bits per heavy atom. The number of halogens is 1. The molecule has 1 amide bonds. The van der Waals surface area contributed by atoms with Crippen molar-refractivity contribution in [3.8, 4) is 11.3 Å². The Kier molecular flexibility index (Phi) is 4.70. The van der Waals surface area contributed by atoms with Gasteiger partial charge in [0.2, 0.25) is 5.91 Å². The van der Waals surface area contributed by atoms with E-state index in [9.17, 15) is 14.0 Å². The van der Waals surface area contributed by atoms with Crippen molar-refractivity contribution in [2.45, 2.75) is 13.5 Å². The number of thiazole rings is 1. The molecule has 6 nitrogen and oxygen atoms in total. The lowest BCUT2D eigenvalue weighted by Crippen LogP contribution is -2.27. The Bertz CT molecular complexity index is 1250. The van der Waals surface area contributed by atoms with Crippen LogP contribution in [0, 0.1) is 12.7 Å². The minimum Gasteiger partial charge on any atom is -0.325 e. The lowest BCUT2D eigenvalue weighted by atomic mass is 10.1. The summed E-state index contributed by atoms with van der Waals surface area (Å²) in [5.41, 5.74) is 2.21. The summed E-state index contributed by atoms with van der Waals surface area (Å²) >= 11 is 1.56. The van der Waals surface area contributed by atoms with Crippen LogP contribution in [0.4, 0.5) is 10.1 Å². The summed E-state index contributed by atoms with van der Waals surface area (Å²) in [6.45, 7) is 1.74. The monoisotopic (exact) mass is 394 g/mol. The van der Waals surface area contributed by atoms with Crippen molar-refractivity contribution in [3.63, 3.8) is 0 Å². The maximum atomic E-state index is 13.3. The predicted molar refractivity (Wildman–Crippen MR) is 107 cm³/mol. The topological polar surface area (TPSA) is 76.9 Å². The fraction of sp³-hybridized carbons (Fsp3) is 0.100. The normalized spacial score (nSPS) is 10.9. The molecular weight excluding hydrogens is 379 g/mol. The zero-order chi connectivity index (χ0) is 19.7. The van der Waals surface area contributed by atoms with Crippen LogP contribution in [0.25, 0.3) is 22.2 Å². The summed E-state index contributed by atoms with van der Waals surface area (Å²) in [5, 5.41) is 5.97. The Morgan fingerprint density at radius 2 is 2.11 bits per heavy atom. The highest BCUT2D eigenvalue weighted by molar-refractivity contribution is 7.09. The molecule has 0 fully saturated rings.